The topological polar surface area (TPSA) is 21.3 Å². The van der Waals surface area contributed by atoms with Gasteiger partial charge in [0.1, 0.15) is 0 Å². The summed E-state index contributed by atoms with van der Waals surface area (Å²) in [6, 6.07) is 0.775. The van der Waals surface area contributed by atoms with Gasteiger partial charge in [0.2, 0.25) is 0 Å². The molecule has 1 aliphatic carbocycles. The summed E-state index contributed by atoms with van der Waals surface area (Å²) in [4.78, 5) is 0. The van der Waals surface area contributed by atoms with Gasteiger partial charge in [-0.15, -0.1) is 0 Å². The molecule has 0 aromatic rings. The van der Waals surface area contributed by atoms with Gasteiger partial charge in [-0.25, -0.2) is 0 Å². The van der Waals surface area contributed by atoms with Crippen molar-refractivity contribution in [3.05, 3.63) is 0 Å². The second kappa shape index (κ2) is 6.61. The molecule has 0 spiro atoms. The van der Waals surface area contributed by atoms with Crippen LogP contribution in [-0.2, 0) is 4.74 Å². The van der Waals surface area contributed by atoms with E-state index in [2.05, 4.69) is 12.4 Å². The van der Waals surface area contributed by atoms with Gasteiger partial charge >= 0.3 is 0 Å². The Morgan fingerprint density at radius 2 is 1.94 bits per heavy atom. The highest BCUT2D eigenvalue weighted by Gasteiger charge is 2.21. The fourth-order valence-corrected chi connectivity index (χ4v) is 3.28. The van der Waals surface area contributed by atoms with E-state index in [1.54, 1.807) is 0 Å². The molecule has 1 heterocycles. The molecule has 1 saturated carbocycles. The fraction of sp³-hybridized carbons (Fsp3) is 1.00. The Kier molecular flexibility index (Phi) is 5.11. The first kappa shape index (κ1) is 12.4. The van der Waals surface area contributed by atoms with E-state index in [1.165, 1.54) is 57.8 Å². The third-order valence-electron chi connectivity index (χ3n) is 4.36. The quantitative estimate of drug-likeness (QED) is 0.742. The van der Waals surface area contributed by atoms with Crippen molar-refractivity contribution in [3.8, 4) is 0 Å². The van der Waals surface area contributed by atoms with Crippen molar-refractivity contribution in [2.75, 3.05) is 13.7 Å². The van der Waals surface area contributed by atoms with Gasteiger partial charge < -0.3 is 10.1 Å². The summed E-state index contributed by atoms with van der Waals surface area (Å²) in [5.74, 6) is 0.948. The van der Waals surface area contributed by atoms with Crippen LogP contribution in [0.5, 0.6) is 0 Å². The SMILES string of the molecule is CNC1CCCCC(CCC2CCCO2)C1. The maximum atomic E-state index is 5.71. The predicted molar refractivity (Wildman–Crippen MR) is 67.6 cm³/mol. The van der Waals surface area contributed by atoms with Crippen LogP contribution < -0.4 is 5.32 Å². The number of rotatable bonds is 4. The molecule has 3 unspecified atom stereocenters. The Balaban J connectivity index is 1.70. The van der Waals surface area contributed by atoms with Crippen molar-refractivity contribution in [1.82, 2.24) is 5.32 Å². The van der Waals surface area contributed by atoms with Crippen molar-refractivity contribution in [2.24, 2.45) is 5.92 Å². The minimum Gasteiger partial charge on any atom is -0.378 e. The molecular weight excluding hydrogens is 198 g/mol. The summed E-state index contributed by atoms with van der Waals surface area (Å²) in [6.07, 6.45) is 13.0. The van der Waals surface area contributed by atoms with E-state index in [9.17, 15) is 0 Å². The van der Waals surface area contributed by atoms with Crippen LogP contribution in [0.3, 0.4) is 0 Å². The smallest absolute Gasteiger partial charge is 0.0576 e. The molecule has 16 heavy (non-hydrogen) atoms. The summed E-state index contributed by atoms with van der Waals surface area (Å²) in [5.41, 5.74) is 0. The lowest BCUT2D eigenvalue weighted by molar-refractivity contribution is 0.0968. The predicted octanol–water partition coefficient (Wildman–Crippen LogP) is 3.11. The minimum atomic E-state index is 0.594. The highest BCUT2D eigenvalue weighted by atomic mass is 16.5. The van der Waals surface area contributed by atoms with Crippen LogP contribution >= 0.6 is 0 Å². The van der Waals surface area contributed by atoms with E-state index in [1.807, 2.05) is 0 Å². The van der Waals surface area contributed by atoms with Crippen LogP contribution in [0, 0.1) is 5.92 Å². The Morgan fingerprint density at radius 1 is 1.06 bits per heavy atom. The van der Waals surface area contributed by atoms with Crippen LogP contribution in [0.2, 0.25) is 0 Å². The van der Waals surface area contributed by atoms with Gasteiger partial charge in [0, 0.05) is 12.6 Å². The molecule has 2 fully saturated rings. The fourth-order valence-electron chi connectivity index (χ4n) is 3.28. The third kappa shape index (κ3) is 3.74. The molecule has 2 aliphatic rings. The minimum absolute atomic E-state index is 0.594. The first-order valence-corrected chi connectivity index (χ1v) is 7.17. The van der Waals surface area contributed by atoms with Gasteiger partial charge in [0.25, 0.3) is 0 Å². The van der Waals surface area contributed by atoms with Crippen LogP contribution in [-0.4, -0.2) is 25.8 Å². The molecule has 0 aromatic heterocycles. The lowest BCUT2D eigenvalue weighted by Crippen LogP contribution is -2.26. The summed E-state index contributed by atoms with van der Waals surface area (Å²) < 4.78 is 5.71. The van der Waals surface area contributed by atoms with Gasteiger partial charge in [-0.05, 0) is 51.5 Å². The highest BCUT2D eigenvalue weighted by molar-refractivity contribution is 4.76. The molecule has 3 atom stereocenters. The zero-order chi connectivity index (χ0) is 11.2. The molecule has 0 radical (unpaired) electrons. The van der Waals surface area contributed by atoms with Gasteiger partial charge in [-0.1, -0.05) is 19.3 Å². The number of hydrogen-bond acceptors (Lipinski definition) is 2. The maximum Gasteiger partial charge on any atom is 0.0576 e. The van der Waals surface area contributed by atoms with Crippen LogP contribution in [0.1, 0.15) is 57.8 Å². The van der Waals surface area contributed by atoms with Crippen molar-refractivity contribution < 1.29 is 4.74 Å². The van der Waals surface area contributed by atoms with Crippen LogP contribution in [0.25, 0.3) is 0 Å². The monoisotopic (exact) mass is 225 g/mol. The van der Waals surface area contributed by atoms with E-state index in [4.69, 9.17) is 4.74 Å². The molecule has 94 valence electrons. The summed E-state index contributed by atoms with van der Waals surface area (Å²) in [7, 11) is 2.12. The van der Waals surface area contributed by atoms with Crippen molar-refractivity contribution in [2.45, 2.75) is 69.9 Å². The van der Waals surface area contributed by atoms with Gasteiger partial charge in [-0.2, -0.15) is 0 Å². The zero-order valence-electron chi connectivity index (χ0n) is 10.7. The van der Waals surface area contributed by atoms with E-state index >= 15 is 0 Å². The highest BCUT2D eigenvalue weighted by Crippen LogP contribution is 2.29. The molecule has 2 nitrogen and oxygen atoms in total. The molecule has 0 aromatic carbocycles. The normalized spacial score (nSPS) is 36.2. The second-order valence-corrected chi connectivity index (χ2v) is 5.58. The average Bonchev–Trinajstić information content (AvgIpc) is 2.71. The first-order chi connectivity index (χ1) is 7.88. The Morgan fingerprint density at radius 3 is 2.69 bits per heavy atom. The second-order valence-electron chi connectivity index (χ2n) is 5.58. The average molecular weight is 225 g/mol. The summed E-state index contributed by atoms with van der Waals surface area (Å²) in [6.45, 7) is 1.01. The largest absolute Gasteiger partial charge is 0.378 e. The lowest BCUT2D eigenvalue weighted by Gasteiger charge is -2.20. The Hall–Kier alpha value is -0.0800. The van der Waals surface area contributed by atoms with Gasteiger partial charge in [-0.3, -0.25) is 0 Å². The van der Waals surface area contributed by atoms with Crippen molar-refractivity contribution in [3.63, 3.8) is 0 Å². The van der Waals surface area contributed by atoms with E-state index in [0.29, 0.717) is 6.10 Å². The lowest BCUT2D eigenvalue weighted by atomic mass is 9.91. The van der Waals surface area contributed by atoms with E-state index in [-0.39, 0.29) is 0 Å². The first-order valence-electron chi connectivity index (χ1n) is 7.17. The van der Waals surface area contributed by atoms with Crippen molar-refractivity contribution in [1.29, 1.82) is 0 Å². The number of nitrogens with one attached hydrogen (secondary N) is 1. The number of hydrogen-bond donors (Lipinski definition) is 1. The standard InChI is InChI=1S/C14H27NO/c1-15-13-6-3-2-5-12(11-13)8-9-14-7-4-10-16-14/h12-15H,2-11H2,1H3. The molecule has 2 heteroatoms. The molecule has 2 rings (SSSR count). The molecule has 1 saturated heterocycles. The molecule has 1 aliphatic heterocycles. The van der Waals surface area contributed by atoms with Gasteiger partial charge in [0.15, 0.2) is 0 Å². The van der Waals surface area contributed by atoms with E-state index < -0.39 is 0 Å². The molecular formula is C14H27NO. The molecule has 0 amide bonds. The molecule has 0 bridgehead atoms. The Bertz CT molecular complexity index is 189. The van der Waals surface area contributed by atoms with Crippen LogP contribution in [0.4, 0.5) is 0 Å². The third-order valence-corrected chi connectivity index (χ3v) is 4.36. The summed E-state index contributed by atoms with van der Waals surface area (Å²) in [5, 5.41) is 3.47. The Labute approximate surface area is 100 Å². The maximum absolute atomic E-state index is 5.71. The van der Waals surface area contributed by atoms with Gasteiger partial charge in [0.05, 0.1) is 6.10 Å². The van der Waals surface area contributed by atoms with Crippen LogP contribution in [0.15, 0.2) is 0 Å². The summed E-state index contributed by atoms with van der Waals surface area (Å²) >= 11 is 0. The molecule has 1 N–H and O–H groups in total. The number of ether oxygens (including phenoxy) is 1. The van der Waals surface area contributed by atoms with E-state index in [0.717, 1.165) is 18.6 Å². The van der Waals surface area contributed by atoms with Crippen molar-refractivity contribution >= 4 is 0 Å². The zero-order valence-corrected chi connectivity index (χ0v) is 10.7.